The van der Waals surface area contributed by atoms with E-state index in [1.807, 2.05) is 7.11 Å². The van der Waals surface area contributed by atoms with Crippen molar-refractivity contribution in [2.75, 3.05) is 20.2 Å². The van der Waals surface area contributed by atoms with Gasteiger partial charge in [0.2, 0.25) is 0 Å². The number of hydrogen-bond donors (Lipinski definition) is 0. The minimum atomic E-state index is 0.565. The lowest BCUT2D eigenvalue weighted by Gasteiger charge is -2.41. The number of hydrogen-bond acceptors (Lipinski definition) is 2. The maximum absolute atomic E-state index is 5.37. The molecule has 3 aliphatic rings. The molecule has 2 aliphatic carbocycles. The monoisotopic (exact) mass is 209 g/mol. The highest BCUT2D eigenvalue weighted by Gasteiger charge is 2.44. The Bertz CT molecular complexity index is 229. The lowest BCUT2D eigenvalue weighted by atomic mass is 9.84. The molecule has 0 aromatic carbocycles. The lowest BCUT2D eigenvalue weighted by molar-refractivity contribution is -0.0231. The molecule has 1 saturated heterocycles. The highest BCUT2D eigenvalue weighted by Crippen LogP contribution is 2.47. The quantitative estimate of drug-likeness (QED) is 0.692. The van der Waals surface area contributed by atoms with E-state index in [1.165, 1.54) is 58.0 Å². The van der Waals surface area contributed by atoms with Crippen LogP contribution in [0.25, 0.3) is 0 Å². The molecule has 0 bridgehead atoms. The Morgan fingerprint density at radius 2 is 1.87 bits per heavy atom. The second kappa shape index (κ2) is 3.74. The molecule has 1 aliphatic heterocycles. The molecule has 3 fully saturated rings. The fourth-order valence-corrected chi connectivity index (χ4v) is 3.84. The molecule has 0 unspecified atom stereocenters. The van der Waals surface area contributed by atoms with Gasteiger partial charge in [-0.2, -0.15) is 0 Å². The van der Waals surface area contributed by atoms with Crippen LogP contribution in [0.15, 0.2) is 0 Å². The van der Waals surface area contributed by atoms with Crippen LogP contribution in [0.1, 0.15) is 44.9 Å². The Hall–Kier alpha value is -0.0800. The van der Waals surface area contributed by atoms with Crippen molar-refractivity contribution in [2.45, 2.75) is 57.1 Å². The van der Waals surface area contributed by atoms with Gasteiger partial charge in [0.05, 0.1) is 6.10 Å². The zero-order valence-corrected chi connectivity index (χ0v) is 9.87. The van der Waals surface area contributed by atoms with Gasteiger partial charge in [0.15, 0.2) is 0 Å². The summed E-state index contributed by atoms with van der Waals surface area (Å²) in [6.07, 6.45) is 10.6. The molecule has 0 aromatic rings. The van der Waals surface area contributed by atoms with E-state index < -0.39 is 0 Å². The largest absolute Gasteiger partial charge is 0.381 e. The third-order valence-corrected chi connectivity index (χ3v) is 5.05. The highest BCUT2D eigenvalue weighted by molar-refractivity contribution is 4.98. The number of nitrogens with zero attached hydrogens (tertiary/aromatic N) is 1. The summed E-state index contributed by atoms with van der Waals surface area (Å²) in [5.74, 6) is 0. The predicted octanol–water partition coefficient (Wildman–Crippen LogP) is 2.43. The first-order valence-electron chi connectivity index (χ1n) is 6.58. The zero-order chi connectivity index (χ0) is 10.3. The van der Waals surface area contributed by atoms with Crippen molar-refractivity contribution in [2.24, 2.45) is 5.41 Å². The van der Waals surface area contributed by atoms with Crippen molar-refractivity contribution in [3.8, 4) is 0 Å². The first-order chi connectivity index (χ1) is 7.31. The molecular formula is C13H23NO. The summed E-state index contributed by atoms with van der Waals surface area (Å²) >= 11 is 0. The molecule has 1 heterocycles. The summed E-state index contributed by atoms with van der Waals surface area (Å²) in [6, 6.07) is 0.856. The number of ether oxygens (including phenoxy) is 1. The maximum atomic E-state index is 5.37. The molecule has 3 rings (SSSR count). The Labute approximate surface area is 93.0 Å². The van der Waals surface area contributed by atoms with Gasteiger partial charge in [-0.15, -0.1) is 0 Å². The van der Waals surface area contributed by atoms with Crippen molar-refractivity contribution < 1.29 is 4.74 Å². The standard InChI is InChI=1S/C13H23NO/c1-15-12-8-11(9-12)14-7-6-13(10-14)4-2-3-5-13/h11-12H,2-10H2,1H3. The Kier molecular flexibility index (Phi) is 2.52. The Morgan fingerprint density at radius 3 is 2.53 bits per heavy atom. The summed E-state index contributed by atoms with van der Waals surface area (Å²) in [4.78, 5) is 2.75. The first-order valence-corrected chi connectivity index (χ1v) is 6.58. The molecule has 2 saturated carbocycles. The molecule has 0 atom stereocenters. The van der Waals surface area contributed by atoms with E-state index in [4.69, 9.17) is 4.74 Å². The number of rotatable bonds is 2. The van der Waals surface area contributed by atoms with E-state index in [0.717, 1.165) is 11.5 Å². The van der Waals surface area contributed by atoms with E-state index in [9.17, 15) is 0 Å². The van der Waals surface area contributed by atoms with Crippen molar-refractivity contribution in [3.05, 3.63) is 0 Å². The van der Waals surface area contributed by atoms with Crippen molar-refractivity contribution in [1.29, 1.82) is 0 Å². The first kappa shape index (κ1) is 10.1. The average molecular weight is 209 g/mol. The molecule has 0 N–H and O–H groups in total. The summed E-state index contributed by atoms with van der Waals surface area (Å²) in [7, 11) is 1.85. The van der Waals surface area contributed by atoms with E-state index in [2.05, 4.69) is 4.90 Å². The van der Waals surface area contributed by atoms with Gasteiger partial charge in [0.1, 0.15) is 0 Å². The molecule has 0 amide bonds. The second-order valence-corrected chi connectivity index (χ2v) is 5.91. The van der Waals surface area contributed by atoms with Crippen LogP contribution in [-0.2, 0) is 4.74 Å². The molecule has 86 valence electrons. The van der Waals surface area contributed by atoms with Gasteiger partial charge >= 0.3 is 0 Å². The average Bonchev–Trinajstić information content (AvgIpc) is 2.77. The zero-order valence-electron chi connectivity index (χ0n) is 9.87. The molecule has 1 spiro atoms. The van der Waals surface area contributed by atoms with Gasteiger partial charge in [-0.25, -0.2) is 0 Å². The topological polar surface area (TPSA) is 12.5 Å². The second-order valence-electron chi connectivity index (χ2n) is 5.91. The van der Waals surface area contributed by atoms with E-state index in [0.29, 0.717) is 6.10 Å². The number of likely N-dealkylation sites (tertiary alicyclic amines) is 1. The summed E-state index contributed by atoms with van der Waals surface area (Å²) in [6.45, 7) is 2.76. The van der Waals surface area contributed by atoms with E-state index in [-0.39, 0.29) is 0 Å². The lowest BCUT2D eigenvalue weighted by Crippen LogP contribution is -2.47. The SMILES string of the molecule is COC1CC(N2CCC3(CCCC3)C2)C1. The van der Waals surface area contributed by atoms with Crippen LogP contribution in [-0.4, -0.2) is 37.2 Å². The summed E-state index contributed by atoms with van der Waals surface area (Å²) < 4.78 is 5.37. The van der Waals surface area contributed by atoms with Crippen LogP contribution < -0.4 is 0 Å². The van der Waals surface area contributed by atoms with Crippen molar-refractivity contribution >= 4 is 0 Å². The van der Waals surface area contributed by atoms with Gasteiger partial charge in [0, 0.05) is 19.7 Å². The van der Waals surface area contributed by atoms with Gasteiger partial charge in [-0.1, -0.05) is 12.8 Å². The third-order valence-electron chi connectivity index (χ3n) is 5.05. The summed E-state index contributed by atoms with van der Waals surface area (Å²) in [5.41, 5.74) is 0.748. The summed E-state index contributed by atoms with van der Waals surface area (Å²) in [5, 5.41) is 0. The molecule has 2 heteroatoms. The van der Waals surface area contributed by atoms with E-state index >= 15 is 0 Å². The number of methoxy groups -OCH3 is 1. The molecular weight excluding hydrogens is 186 g/mol. The minimum Gasteiger partial charge on any atom is -0.381 e. The van der Waals surface area contributed by atoms with Gasteiger partial charge in [-0.3, -0.25) is 4.90 Å². The van der Waals surface area contributed by atoms with Crippen LogP contribution in [0.5, 0.6) is 0 Å². The fraction of sp³-hybridized carbons (Fsp3) is 1.00. The molecule has 15 heavy (non-hydrogen) atoms. The van der Waals surface area contributed by atoms with Crippen LogP contribution in [0, 0.1) is 5.41 Å². The van der Waals surface area contributed by atoms with Crippen LogP contribution in [0.3, 0.4) is 0 Å². The Morgan fingerprint density at radius 1 is 1.13 bits per heavy atom. The van der Waals surface area contributed by atoms with Gasteiger partial charge in [0.25, 0.3) is 0 Å². The van der Waals surface area contributed by atoms with Gasteiger partial charge < -0.3 is 4.74 Å². The maximum Gasteiger partial charge on any atom is 0.0601 e. The molecule has 0 aromatic heterocycles. The normalized spacial score (nSPS) is 39.8. The fourth-order valence-electron chi connectivity index (χ4n) is 3.84. The van der Waals surface area contributed by atoms with Gasteiger partial charge in [-0.05, 0) is 44.1 Å². The smallest absolute Gasteiger partial charge is 0.0601 e. The highest BCUT2D eigenvalue weighted by atomic mass is 16.5. The predicted molar refractivity (Wildman–Crippen MR) is 60.9 cm³/mol. The van der Waals surface area contributed by atoms with E-state index in [1.54, 1.807) is 0 Å². The molecule has 0 radical (unpaired) electrons. The molecule has 2 nitrogen and oxygen atoms in total. The van der Waals surface area contributed by atoms with Crippen LogP contribution in [0.2, 0.25) is 0 Å². The Balaban J connectivity index is 1.53. The minimum absolute atomic E-state index is 0.565. The van der Waals surface area contributed by atoms with Crippen LogP contribution in [0.4, 0.5) is 0 Å². The van der Waals surface area contributed by atoms with Crippen LogP contribution >= 0.6 is 0 Å². The van der Waals surface area contributed by atoms with Crippen molar-refractivity contribution in [3.63, 3.8) is 0 Å². The van der Waals surface area contributed by atoms with Crippen molar-refractivity contribution in [1.82, 2.24) is 4.90 Å². The third kappa shape index (κ3) is 1.72.